The van der Waals surface area contributed by atoms with Gasteiger partial charge in [0.15, 0.2) is 0 Å². The second-order valence-corrected chi connectivity index (χ2v) is 4.44. The summed E-state index contributed by atoms with van der Waals surface area (Å²) in [7, 11) is 0. The van der Waals surface area contributed by atoms with Gasteiger partial charge in [0.1, 0.15) is 17.9 Å². The van der Waals surface area contributed by atoms with Gasteiger partial charge in [-0.15, -0.1) is 0 Å². The quantitative estimate of drug-likeness (QED) is 0.881. The van der Waals surface area contributed by atoms with E-state index < -0.39 is 0 Å². The Morgan fingerprint density at radius 3 is 2.43 bits per heavy atom. The van der Waals surface area contributed by atoms with Crippen molar-refractivity contribution in [2.24, 2.45) is 0 Å². The number of aryl methyl sites for hydroxylation is 1. The van der Waals surface area contributed by atoms with Crippen LogP contribution < -0.4 is 5.32 Å². The van der Waals surface area contributed by atoms with Crippen molar-refractivity contribution < 1.29 is 9.90 Å². The van der Waals surface area contributed by atoms with E-state index in [2.05, 4.69) is 5.32 Å². The maximum absolute atomic E-state index is 12.2. The zero-order chi connectivity index (χ0) is 15.4. The van der Waals surface area contributed by atoms with E-state index in [9.17, 15) is 9.90 Å². The number of phenols is 1. The van der Waals surface area contributed by atoms with Crippen molar-refractivity contribution in [2.45, 2.75) is 6.92 Å². The fraction of sp³-hybridized carbons (Fsp3) is 0.0625. The molecule has 0 aliphatic carbocycles. The minimum Gasteiger partial charge on any atom is -0.508 e. The molecule has 2 aromatic rings. The topological polar surface area (TPSA) is 96.9 Å². The molecule has 5 heteroatoms. The Balaban J connectivity index is 2.28. The Hall–Kier alpha value is -3.31. The third-order valence-corrected chi connectivity index (χ3v) is 2.97. The van der Waals surface area contributed by atoms with Gasteiger partial charge in [0, 0.05) is 11.3 Å². The second kappa shape index (κ2) is 5.77. The van der Waals surface area contributed by atoms with Gasteiger partial charge in [-0.2, -0.15) is 10.5 Å². The van der Waals surface area contributed by atoms with Crippen molar-refractivity contribution in [3.63, 3.8) is 0 Å². The molecular formula is C16H11N3O2. The van der Waals surface area contributed by atoms with Crippen LogP contribution in [-0.4, -0.2) is 11.0 Å². The fourth-order valence-electron chi connectivity index (χ4n) is 1.91. The van der Waals surface area contributed by atoms with Gasteiger partial charge in [-0.25, -0.2) is 0 Å². The van der Waals surface area contributed by atoms with Crippen LogP contribution in [0.2, 0.25) is 0 Å². The van der Waals surface area contributed by atoms with Crippen molar-refractivity contribution >= 4 is 11.6 Å². The lowest BCUT2D eigenvalue weighted by Gasteiger charge is -2.08. The highest BCUT2D eigenvalue weighted by Crippen LogP contribution is 2.19. The van der Waals surface area contributed by atoms with Crippen LogP contribution in [0.15, 0.2) is 36.4 Å². The van der Waals surface area contributed by atoms with E-state index in [4.69, 9.17) is 10.5 Å². The molecule has 0 fully saturated rings. The first kappa shape index (κ1) is 14.1. The fourth-order valence-corrected chi connectivity index (χ4v) is 1.91. The van der Waals surface area contributed by atoms with Gasteiger partial charge in [0.25, 0.3) is 5.91 Å². The molecule has 0 aliphatic rings. The van der Waals surface area contributed by atoms with Gasteiger partial charge in [-0.1, -0.05) is 0 Å². The summed E-state index contributed by atoms with van der Waals surface area (Å²) in [6, 6.07) is 12.8. The number of hydrogen-bond acceptors (Lipinski definition) is 4. The summed E-state index contributed by atoms with van der Waals surface area (Å²) in [6.07, 6.45) is 0. The highest BCUT2D eigenvalue weighted by atomic mass is 16.3. The summed E-state index contributed by atoms with van der Waals surface area (Å²) in [5.74, 6) is -0.254. The van der Waals surface area contributed by atoms with Crippen LogP contribution in [0.25, 0.3) is 0 Å². The summed E-state index contributed by atoms with van der Waals surface area (Å²) in [5, 5.41) is 29.8. The summed E-state index contributed by atoms with van der Waals surface area (Å²) in [5.41, 5.74) is 1.97. The first-order valence-corrected chi connectivity index (χ1v) is 6.10. The molecule has 0 aliphatic heterocycles. The molecule has 2 N–H and O–H groups in total. The van der Waals surface area contributed by atoms with Crippen LogP contribution in [0.4, 0.5) is 5.69 Å². The van der Waals surface area contributed by atoms with Gasteiger partial charge in [-0.3, -0.25) is 4.79 Å². The number of benzene rings is 2. The molecule has 1 amide bonds. The number of phenolic OH excluding ortho intramolecular Hbond substituents is 1. The molecule has 0 radical (unpaired) electrons. The number of anilines is 1. The Bertz CT molecular complexity index is 798. The number of nitriles is 2. The molecule has 0 unspecified atom stereocenters. The van der Waals surface area contributed by atoms with Crippen LogP contribution in [0, 0.1) is 29.6 Å². The normalized spacial score (nSPS) is 9.48. The highest BCUT2D eigenvalue weighted by Gasteiger charge is 2.11. The highest BCUT2D eigenvalue weighted by molar-refractivity contribution is 6.05. The summed E-state index contributed by atoms with van der Waals surface area (Å²) in [6.45, 7) is 1.72. The van der Waals surface area contributed by atoms with Crippen molar-refractivity contribution in [3.8, 4) is 17.9 Å². The van der Waals surface area contributed by atoms with Crippen LogP contribution in [0.5, 0.6) is 5.75 Å². The Morgan fingerprint density at radius 2 is 1.81 bits per heavy atom. The average molecular weight is 277 g/mol. The lowest BCUT2D eigenvalue weighted by molar-refractivity contribution is 0.102. The second-order valence-electron chi connectivity index (χ2n) is 4.44. The lowest BCUT2D eigenvalue weighted by atomic mass is 10.1. The molecule has 102 valence electrons. The zero-order valence-electron chi connectivity index (χ0n) is 11.2. The summed E-state index contributed by atoms with van der Waals surface area (Å²) < 4.78 is 0. The third kappa shape index (κ3) is 2.99. The van der Waals surface area contributed by atoms with E-state index >= 15 is 0 Å². The number of nitrogens with zero attached hydrogens (tertiary/aromatic N) is 2. The van der Waals surface area contributed by atoms with E-state index in [0.29, 0.717) is 16.8 Å². The summed E-state index contributed by atoms with van der Waals surface area (Å²) >= 11 is 0. The molecule has 5 nitrogen and oxygen atoms in total. The van der Waals surface area contributed by atoms with E-state index in [0.717, 1.165) is 0 Å². The molecule has 21 heavy (non-hydrogen) atoms. The van der Waals surface area contributed by atoms with Crippen LogP contribution in [-0.2, 0) is 0 Å². The molecular weight excluding hydrogens is 266 g/mol. The van der Waals surface area contributed by atoms with Crippen molar-refractivity contribution in [1.29, 1.82) is 10.5 Å². The average Bonchev–Trinajstić information content (AvgIpc) is 2.46. The Labute approximate surface area is 121 Å². The number of hydrogen-bond donors (Lipinski definition) is 2. The molecule has 2 aromatic carbocycles. The predicted molar refractivity (Wildman–Crippen MR) is 76.7 cm³/mol. The number of carbonyl (C=O) groups excluding carboxylic acids is 1. The van der Waals surface area contributed by atoms with Crippen LogP contribution in [0.1, 0.15) is 27.0 Å². The largest absolute Gasteiger partial charge is 0.508 e. The number of carbonyl (C=O) groups is 1. The van der Waals surface area contributed by atoms with Gasteiger partial charge in [0.05, 0.1) is 11.1 Å². The lowest BCUT2D eigenvalue weighted by Crippen LogP contribution is -2.13. The molecule has 0 atom stereocenters. The molecule has 2 rings (SSSR count). The van der Waals surface area contributed by atoms with Crippen molar-refractivity contribution in [3.05, 3.63) is 58.7 Å². The monoisotopic (exact) mass is 277 g/mol. The van der Waals surface area contributed by atoms with Crippen molar-refractivity contribution in [2.75, 3.05) is 5.32 Å². The number of nitrogens with one attached hydrogen (secondary N) is 1. The molecule has 0 spiro atoms. The van der Waals surface area contributed by atoms with Gasteiger partial charge < -0.3 is 10.4 Å². The number of aromatic hydroxyl groups is 1. The maximum atomic E-state index is 12.2. The molecule has 0 aromatic heterocycles. The van der Waals surface area contributed by atoms with Crippen LogP contribution >= 0.6 is 0 Å². The van der Waals surface area contributed by atoms with Gasteiger partial charge >= 0.3 is 0 Å². The predicted octanol–water partition coefficient (Wildman–Crippen LogP) is 2.70. The standard InChI is InChI=1S/C16H11N3O2/c1-10-6-14(20)4-5-15(10)16(21)19-13-3-2-11(8-17)12(7-13)9-18/h2-7,20H,1H3,(H,19,21). The van der Waals surface area contributed by atoms with Crippen LogP contribution in [0.3, 0.4) is 0 Å². The molecule has 0 saturated heterocycles. The zero-order valence-corrected chi connectivity index (χ0v) is 11.2. The minimum absolute atomic E-state index is 0.0918. The Morgan fingerprint density at radius 1 is 1.10 bits per heavy atom. The van der Waals surface area contributed by atoms with Gasteiger partial charge in [0.2, 0.25) is 0 Å². The molecule has 0 bridgehead atoms. The van der Waals surface area contributed by atoms with Crippen molar-refractivity contribution in [1.82, 2.24) is 0 Å². The van der Waals surface area contributed by atoms with E-state index in [1.165, 1.54) is 30.3 Å². The van der Waals surface area contributed by atoms with E-state index in [-0.39, 0.29) is 22.8 Å². The van der Waals surface area contributed by atoms with E-state index in [1.54, 1.807) is 13.0 Å². The maximum Gasteiger partial charge on any atom is 0.255 e. The Kier molecular flexibility index (Phi) is 3.87. The number of amides is 1. The molecule has 0 heterocycles. The number of rotatable bonds is 2. The minimum atomic E-state index is -0.346. The molecule has 0 saturated carbocycles. The third-order valence-electron chi connectivity index (χ3n) is 2.97. The first-order valence-electron chi connectivity index (χ1n) is 6.10. The first-order chi connectivity index (χ1) is 10.0. The van der Waals surface area contributed by atoms with E-state index in [1.807, 2.05) is 12.1 Å². The summed E-state index contributed by atoms with van der Waals surface area (Å²) in [4.78, 5) is 12.2. The SMILES string of the molecule is Cc1cc(O)ccc1C(=O)Nc1ccc(C#N)c(C#N)c1. The smallest absolute Gasteiger partial charge is 0.255 e. The van der Waals surface area contributed by atoms with Gasteiger partial charge in [-0.05, 0) is 48.9 Å².